The van der Waals surface area contributed by atoms with Crippen molar-refractivity contribution in [2.75, 3.05) is 37.8 Å². The van der Waals surface area contributed by atoms with Gasteiger partial charge in [0.05, 0.1) is 25.6 Å². The molecular weight excluding hydrogens is 919 g/mol. The second kappa shape index (κ2) is 25.1. The highest BCUT2D eigenvalue weighted by Gasteiger charge is 2.50. The van der Waals surface area contributed by atoms with Gasteiger partial charge in [0.1, 0.15) is 36.3 Å². The molecule has 3 rings (SSSR count). The summed E-state index contributed by atoms with van der Waals surface area (Å²) in [4.78, 5) is 88.1. The Morgan fingerprint density at radius 1 is 1.00 bits per heavy atom. The van der Waals surface area contributed by atoms with Gasteiger partial charge in [0.2, 0.25) is 11.8 Å². The molecule has 8 unspecified atom stereocenters. The van der Waals surface area contributed by atoms with E-state index in [0.717, 1.165) is 41.8 Å². The molecule has 1 fully saturated rings. The van der Waals surface area contributed by atoms with Crippen LogP contribution in [0.2, 0.25) is 0 Å². The van der Waals surface area contributed by atoms with Crippen LogP contribution in [-0.4, -0.2) is 134 Å². The van der Waals surface area contributed by atoms with Gasteiger partial charge in [0.15, 0.2) is 22.8 Å². The van der Waals surface area contributed by atoms with Gasteiger partial charge >= 0.3 is 23.5 Å². The molecule has 356 valence electrons. The van der Waals surface area contributed by atoms with Gasteiger partial charge in [-0.1, -0.05) is 62.8 Å². The van der Waals surface area contributed by atoms with E-state index in [0.29, 0.717) is 31.4 Å². The minimum atomic E-state index is -5.58. The normalized spacial score (nSPS) is 21.4. The number of nitrogens with two attached hydrogens (primary N) is 1. The molecule has 0 aliphatic carbocycles. The Labute approximate surface area is 366 Å². The van der Waals surface area contributed by atoms with E-state index in [1.165, 1.54) is 13.8 Å². The van der Waals surface area contributed by atoms with Gasteiger partial charge < -0.3 is 56.0 Å². The van der Waals surface area contributed by atoms with Crippen LogP contribution in [0.4, 0.5) is 5.82 Å². The molecule has 0 aromatic carbocycles. The fourth-order valence-corrected chi connectivity index (χ4v) is 9.29. The molecule has 11 N–H and O–H groups in total. The number of aliphatic hydroxyl groups excluding tert-OH is 3. The molecule has 0 spiro atoms. The lowest BCUT2D eigenvalue weighted by Gasteiger charge is -2.30. The average Bonchev–Trinajstić information content (AvgIpc) is 3.76. The zero-order chi connectivity index (χ0) is 47.0. The number of aromatic nitrogens is 4. The summed E-state index contributed by atoms with van der Waals surface area (Å²) in [5.41, 5.74) is 4.25. The molecule has 1 aliphatic rings. The van der Waals surface area contributed by atoms with E-state index in [2.05, 4.69) is 34.4 Å². The number of fused-ring (bicyclic) bond motifs is 1. The van der Waals surface area contributed by atoms with Gasteiger partial charge in [0, 0.05) is 37.1 Å². The quantitative estimate of drug-likeness (QED) is 0.0328. The number of nitrogens with one attached hydrogen (secondary N) is 2. The van der Waals surface area contributed by atoms with Crippen molar-refractivity contribution in [3.05, 3.63) is 37.0 Å². The second-order valence-electron chi connectivity index (χ2n) is 14.7. The molecule has 8 atom stereocenters. The number of hydrogen-bond donors (Lipinski definition) is 10. The number of unbranched alkanes of at least 4 members (excludes halogenated alkanes) is 2. The number of carbonyl (C=O) groups excluding carboxylic acids is 3. The Morgan fingerprint density at radius 2 is 1.71 bits per heavy atom. The van der Waals surface area contributed by atoms with Crippen LogP contribution in [0.3, 0.4) is 0 Å². The fourth-order valence-electron chi connectivity index (χ4n) is 5.74. The maximum atomic E-state index is 12.7. The summed E-state index contributed by atoms with van der Waals surface area (Å²) in [6.45, 7) is 2.36. The number of phosphoric acid groups is 3. The van der Waals surface area contributed by atoms with Crippen molar-refractivity contribution in [2.24, 2.45) is 5.41 Å². The summed E-state index contributed by atoms with van der Waals surface area (Å²) >= 11 is 1.09. The lowest BCUT2D eigenvalue weighted by molar-refractivity contribution is -0.137. The van der Waals surface area contributed by atoms with Crippen molar-refractivity contribution in [1.82, 2.24) is 30.2 Å². The molecule has 1 saturated heterocycles. The minimum Gasteiger partial charge on any atom is -0.393 e. The summed E-state index contributed by atoms with van der Waals surface area (Å²) in [6.07, 6.45) is 4.10. The molecule has 2 aromatic rings. The second-order valence-corrected chi connectivity index (χ2v) is 20.1. The van der Waals surface area contributed by atoms with Crippen LogP contribution in [0.15, 0.2) is 37.0 Å². The Bertz CT molecular complexity index is 2040. The van der Waals surface area contributed by atoms with E-state index in [-0.39, 0.29) is 41.6 Å². The number of nitrogen functional groups attached to an aromatic ring is 1. The topological polar surface area (TPSA) is 384 Å². The van der Waals surface area contributed by atoms with Crippen LogP contribution < -0.4 is 16.4 Å². The number of hydrogen-bond acceptors (Lipinski definition) is 19. The first-order valence-corrected chi connectivity index (χ1v) is 25.0. The molecule has 0 saturated carbocycles. The standard InChI is InChI=1S/C34H56N7O18P3S/c1-4-5-6-8-11-22(42)12-9-7-10-13-25(44)63-17-16-36-24(43)14-15-37-32(47)29(46)34(2,3)19-56-62(53,54)59-61(51,52)55-18-23-28(58-60(48,49)50)27(45)33(57-23)41-21-40-26-30(35)38-20-39-31(26)41/h4-6,8,20-23,27-29,33,42,45-46H,7,9-19H2,1-3H3,(H,36,43)(H,37,47)(H,51,52)(H,53,54)(H2,35,38,39)(H2,48,49,50)/b5-4+,8-6+. The summed E-state index contributed by atoms with van der Waals surface area (Å²) in [6, 6.07) is 0. The third-order valence-electron chi connectivity index (χ3n) is 9.03. The highest BCUT2D eigenvalue weighted by Crippen LogP contribution is 2.61. The van der Waals surface area contributed by atoms with E-state index in [9.17, 15) is 63.0 Å². The van der Waals surface area contributed by atoms with E-state index in [1.807, 2.05) is 31.2 Å². The number of allylic oxidation sites excluding steroid dienone is 3. The van der Waals surface area contributed by atoms with Gasteiger partial charge in [-0.25, -0.2) is 28.6 Å². The van der Waals surface area contributed by atoms with Gasteiger partial charge in [-0.15, -0.1) is 0 Å². The predicted molar refractivity (Wildman–Crippen MR) is 225 cm³/mol. The highest BCUT2D eigenvalue weighted by molar-refractivity contribution is 8.13. The van der Waals surface area contributed by atoms with Crippen LogP contribution >= 0.6 is 35.2 Å². The lowest BCUT2D eigenvalue weighted by atomic mass is 9.87. The smallest absolute Gasteiger partial charge is 0.393 e. The van der Waals surface area contributed by atoms with Crippen molar-refractivity contribution in [3.63, 3.8) is 0 Å². The van der Waals surface area contributed by atoms with E-state index in [4.69, 9.17) is 19.5 Å². The number of carbonyl (C=O) groups is 3. The highest BCUT2D eigenvalue weighted by atomic mass is 32.2. The molecule has 0 bridgehead atoms. The number of phosphoric ester groups is 3. The van der Waals surface area contributed by atoms with Gasteiger partial charge in [-0.2, -0.15) is 4.31 Å². The van der Waals surface area contributed by atoms with E-state index in [1.54, 1.807) is 0 Å². The number of thioether (sulfide) groups is 1. The Kier molecular flexibility index (Phi) is 21.6. The number of rotatable bonds is 28. The van der Waals surface area contributed by atoms with Crippen LogP contribution in [0.5, 0.6) is 0 Å². The monoisotopic (exact) mass is 975 g/mol. The molecule has 0 radical (unpaired) electrons. The predicted octanol–water partition coefficient (Wildman–Crippen LogP) is 1.50. The van der Waals surface area contributed by atoms with Gasteiger partial charge in [-0.3, -0.25) is 32.5 Å². The Morgan fingerprint density at radius 3 is 2.41 bits per heavy atom. The molecule has 3 heterocycles. The van der Waals surface area contributed by atoms with Crippen molar-refractivity contribution >= 4 is 69.1 Å². The molecule has 1 aliphatic heterocycles. The number of anilines is 1. The first kappa shape index (κ1) is 54.3. The van der Waals surface area contributed by atoms with E-state index < -0.39 is 90.7 Å². The number of ether oxygens (including phenoxy) is 1. The lowest BCUT2D eigenvalue weighted by Crippen LogP contribution is -2.46. The number of nitrogens with zero attached hydrogens (tertiary/aromatic N) is 4. The first-order chi connectivity index (χ1) is 29.4. The molecule has 29 heteroatoms. The van der Waals surface area contributed by atoms with Crippen molar-refractivity contribution < 1.29 is 85.6 Å². The fraction of sp³-hybridized carbons (Fsp3) is 0.647. The maximum Gasteiger partial charge on any atom is 0.481 e. The summed E-state index contributed by atoms with van der Waals surface area (Å²) < 4.78 is 62.3. The van der Waals surface area contributed by atoms with Crippen molar-refractivity contribution in [2.45, 2.75) is 102 Å². The molecule has 2 amide bonds. The van der Waals surface area contributed by atoms with Gasteiger partial charge in [-0.05, 0) is 26.2 Å². The number of imidazole rings is 1. The SMILES string of the molecule is C/C=C/C=C/CC(O)CCCCCC(=O)SCCNC(=O)CCNC(=O)C(O)C(C)(C)COP(=O)(O)OP(=O)(O)OCC1OC(n2cnc3c(N)ncnc32)C(O)C1OP(=O)(O)O. The molecule has 2 aromatic heterocycles. The van der Waals surface area contributed by atoms with Crippen LogP contribution in [-0.2, 0) is 50.7 Å². The minimum absolute atomic E-state index is 0.0176. The van der Waals surface area contributed by atoms with Crippen molar-refractivity contribution in [1.29, 1.82) is 0 Å². The summed E-state index contributed by atoms with van der Waals surface area (Å²) in [7, 11) is -16.4. The average molecular weight is 976 g/mol. The Hall–Kier alpha value is -3.00. The van der Waals surface area contributed by atoms with Crippen LogP contribution in [0, 0.1) is 5.41 Å². The zero-order valence-electron chi connectivity index (χ0n) is 34.7. The zero-order valence-corrected chi connectivity index (χ0v) is 38.2. The largest absolute Gasteiger partial charge is 0.481 e. The molecule has 63 heavy (non-hydrogen) atoms. The third kappa shape index (κ3) is 18.8. The summed E-state index contributed by atoms with van der Waals surface area (Å²) in [5.74, 6) is -1.14. The van der Waals surface area contributed by atoms with Crippen LogP contribution in [0.1, 0.15) is 71.9 Å². The first-order valence-electron chi connectivity index (χ1n) is 19.5. The molecule has 25 nitrogen and oxygen atoms in total. The number of aliphatic hydroxyl groups is 3. The summed E-state index contributed by atoms with van der Waals surface area (Å²) in [5, 5.41) is 36.4. The van der Waals surface area contributed by atoms with E-state index >= 15 is 0 Å². The maximum absolute atomic E-state index is 12.7. The molecular formula is C34H56N7O18P3S. The number of amides is 2. The van der Waals surface area contributed by atoms with Crippen molar-refractivity contribution in [3.8, 4) is 0 Å². The Balaban J connectivity index is 1.37. The van der Waals surface area contributed by atoms with Gasteiger partial charge in [0.25, 0.3) is 0 Å². The van der Waals surface area contributed by atoms with Crippen LogP contribution in [0.25, 0.3) is 11.2 Å². The third-order valence-corrected chi connectivity index (χ3v) is 13.1.